The largest absolute Gasteiger partial charge is 0.300 e. The molecule has 120 valence electrons. The van der Waals surface area contributed by atoms with E-state index in [4.69, 9.17) is 0 Å². The van der Waals surface area contributed by atoms with E-state index in [0.717, 1.165) is 24.3 Å². The molecule has 0 aromatic rings. The van der Waals surface area contributed by atoms with Crippen molar-refractivity contribution in [2.45, 2.75) is 54.4 Å². The monoisotopic (exact) mass is 295 g/mol. The SMILES string of the molecule is CC(CC(C)C)=NC(=O)CNCC(=O)N=C(C)CC(C)C. The van der Waals surface area contributed by atoms with Crippen molar-refractivity contribution in [1.82, 2.24) is 5.32 Å². The fourth-order valence-corrected chi connectivity index (χ4v) is 2.05. The van der Waals surface area contributed by atoms with Gasteiger partial charge in [-0.1, -0.05) is 27.7 Å². The van der Waals surface area contributed by atoms with Crippen molar-refractivity contribution in [2.75, 3.05) is 13.1 Å². The Balaban J connectivity index is 4.09. The number of rotatable bonds is 8. The van der Waals surface area contributed by atoms with E-state index >= 15 is 0 Å². The van der Waals surface area contributed by atoms with Crippen molar-refractivity contribution in [1.29, 1.82) is 0 Å². The highest BCUT2D eigenvalue weighted by Gasteiger charge is 2.05. The zero-order valence-electron chi connectivity index (χ0n) is 14.2. The summed E-state index contributed by atoms with van der Waals surface area (Å²) in [6, 6.07) is 0. The number of carbonyl (C=O) groups excluding carboxylic acids is 2. The Morgan fingerprint density at radius 3 is 1.43 bits per heavy atom. The maximum atomic E-state index is 11.6. The van der Waals surface area contributed by atoms with E-state index < -0.39 is 0 Å². The van der Waals surface area contributed by atoms with Crippen molar-refractivity contribution in [3.63, 3.8) is 0 Å². The van der Waals surface area contributed by atoms with Gasteiger partial charge in [0.15, 0.2) is 0 Å². The molecule has 0 heterocycles. The predicted molar refractivity (Wildman–Crippen MR) is 88.0 cm³/mol. The first-order valence-electron chi connectivity index (χ1n) is 7.55. The third kappa shape index (κ3) is 12.1. The number of hydrogen-bond acceptors (Lipinski definition) is 3. The van der Waals surface area contributed by atoms with Gasteiger partial charge in [-0.3, -0.25) is 14.9 Å². The minimum atomic E-state index is -0.246. The van der Waals surface area contributed by atoms with Crippen LogP contribution in [0.4, 0.5) is 0 Å². The normalized spacial score (nSPS) is 13.1. The second-order valence-electron chi connectivity index (χ2n) is 6.28. The van der Waals surface area contributed by atoms with Gasteiger partial charge in [0.1, 0.15) is 0 Å². The number of nitrogens with one attached hydrogen (secondary N) is 1. The van der Waals surface area contributed by atoms with E-state index in [-0.39, 0.29) is 24.9 Å². The van der Waals surface area contributed by atoms with Crippen LogP contribution >= 0.6 is 0 Å². The van der Waals surface area contributed by atoms with Crippen LogP contribution in [0.25, 0.3) is 0 Å². The highest BCUT2D eigenvalue weighted by Crippen LogP contribution is 2.02. The highest BCUT2D eigenvalue weighted by molar-refractivity contribution is 5.96. The third-order valence-corrected chi connectivity index (χ3v) is 2.59. The van der Waals surface area contributed by atoms with E-state index in [1.807, 2.05) is 13.8 Å². The van der Waals surface area contributed by atoms with Crippen LogP contribution in [-0.4, -0.2) is 36.3 Å². The Kier molecular flexibility index (Phi) is 9.71. The van der Waals surface area contributed by atoms with E-state index in [0.29, 0.717) is 11.8 Å². The lowest BCUT2D eigenvalue weighted by Gasteiger charge is -2.05. The Labute approximate surface area is 128 Å². The molecule has 21 heavy (non-hydrogen) atoms. The average Bonchev–Trinajstić information content (AvgIpc) is 2.25. The van der Waals surface area contributed by atoms with Crippen LogP contribution in [-0.2, 0) is 9.59 Å². The fourth-order valence-electron chi connectivity index (χ4n) is 2.05. The molecule has 0 bridgehead atoms. The van der Waals surface area contributed by atoms with Gasteiger partial charge in [-0.2, -0.15) is 0 Å². The summed E-state index contributed by atoms with van der Waals surface area (Å²) in [5.41, 5.74) is 1.66. The van der Waals surface area contributed by atoms with Gasteiger partial charge in [0.2, 0.25) is 0 Å². The standard InChI is InChI=1S/C16H29N3O2/c1-11(2)7-13(5)18-15(20)9-17-10-16(21)19-14(6)8-12(3)4/h11-12,17H,7-10H2,1-6H3. The first-order valence-corrected chi connectivity index (χ1v) is 7.55. The second kappa shape index (κ2) is 10.4. The maximum Gasteiger partial charge on any atom is 0.259 e. The molecule has 0 rings (SSSR count). The number of carbonyl (C=O) groups is 2. The van der Waals surface area contributed by atoms with Crippen molar-refractivity contribution in [3.05, 3.63) is 0 Å². The summed E-state index contributed by atoms with van der Waals surface area (Å²) in [6.45, 7) is 12.2. The van der Waals surface area contributed by atoms with E-state index in [1.165, 1.54) is 0 Å². The van der Waals surface area contributed by atoms with Crippen molar-refractivity contribution < 1.29 is 9.59 Å². The zero-order chi connectivity index (χ0) is 16.4. The van der Waals surface area contributed by atoms with E-state index in [9.17, 15) is 9.59 Å². The Morgan fingerprint density at radius 1 is 0.810 bits per heavy atom. The summed E-state index contributed by atoms with van der Waals surface area (Å²) in [5.74, 6) is 0.469. The number of aliphatic imine (C=N–C) groups is 2. The lowest BCUT2D eigenvalue weighted by Crippen LogP contribution is -2.28. The fraction of sp³-hybridized carbons (Fsp3) is 0.750. The molecule has 0 unspecified atom stereocenters. The van der Waals surface area contributed by atoms with E-state index in [1.54, 1.807) is 0 Å². The molecule has 0 radical (unpaired) electrons. The van der Waals surface area contributed by atoms with Crippen LogP contribution in [0.2, 0.25) is 0 Å². The van der Waals surface area contributed by atoms with Gasteiger partial charge in [-0.05, 0) is 38.5 Å². The molecule has 0 aromatic carbocycles. The van der Waals surface area contributed by atoms with Gasteiger partial charge in [0.25, 0.3) is 11.8 Å². The second-order valence-corrected chi connectivity index (χ2v) is 6.28. The summed E-state index contributed by atoms with van der Waals surface area (Å²) < 4.78 is 0. The maximum absolute atomic E-state index is 11.6. The van der Waals surface area contributed by atoms with Crippen LogP contribution in [0.1, 0.15) is 54.4 Å². The molecule has 0 saturated heterocycles. The molecule has 0 aliphatic carbocycles. The van der Waals surface area contributed by atoms with Gasteiger partial charge in [0, 0.05) is 11.4 Å². The molecule has 0 aliphatic heterocycles. The molecule has 0 aliphatic rings. The Hall–Kier alpha value is -1.36. The number of nitrogens with zero attached hydrogens (tertiary/aromatic N) is 2. The van der Waals surface area contributed by atoms with Crippen LogP contribution in [0.15, 0.2) is 9.98 Å². The minimum Gasteiger partial charge on any atom is -0.300 e. The first kappa shape index (κ1) is 19.6. The van der Waals surface area contributed by atoms with Crippen LogP contribution in [0.5, 0.6) is 0 Å². The Morgan fingerprint density at radius 2 is 1.14 bits per heavy atom. The lowest BCUT2D eigenvalue weighted by atomic mass is 10.1. The van der Waals surface area contributed by atoms with E-state index in [2.05, 4.69) is 43.0 Å². The van der Waals surface area contributed by atoms with Crippen LogP contribution < -0.4 is 5.32 Å². The van der Waals surface area contributed by atoms with Gasteiger partial charge in [0.05, 0.1) is 13.1 Å². The van der Waals surface area contributed by atoms with Gasteiger partial charge < -0.3 is 0 Å². The summed E-state index contributed by atoms with van der Waals surface area (Å²) in [6.07, 6.45) is 1.62. The molecule has 0 spiro atoms. The summed E-state index contributed by atoms with van der Waals surface area (Å²) >= 11 is 0. The van der Waals surface area contributed by atoms with Gasteiger partial charge >= 0.3 is 0 Å². The van der Waals surface area contributed by atoms with Crippen molar-refractivity contribution >= 4 is 23.2 Å². The molecule has 2 amide bonds. The molecule has 5 heteroatoms. The molecule has 0 fully saturated rings. The smallest absolute Gasteiger partial charge is 0.259 e. The Bertz CT molecular complexity index is 372. The highest BCUT2D eigenvalue weighted by atomic mass is 16.2. The summed E-state index contributed by atoms with van der Waals surface area (Å²) in [5, 5.41) is 2.79. The van der Waals surface area contributed by atoms with Gasteiger partial charge in [-0.15, -0.1) is 0 Å². The number of amides is 2. The topological polar surface area (TPSA) is 70.9 Å². The third-order valence-electron chi connectivity index (χ3n) is 2.59. The zero-order valence-corrected chi connectivity index (χ0v) is 14.2. The van der Waals surface area contributed by atoms with Crippen LogP contribution in [0, 0.1) is 11.8 Å². The average molecular weight is 295 g/mol. The minimum absolute atomic E-state index is 0.0694. The molecule has 5 nitrogen and oxygen atoms in total. The van der Waals surface area contributed by atoms with Crippen molar-refractivity contribution in [2.24, 2.45) is 21.8 Å². The molecule has 0 saturated carbocycles. The quantitative estimate of drug-likeness (QED) is 0.700. The predicted octanol–water partition coefficient (Wildman–Crippen LogP) is 2.64. The molecule has 0 aromatic heterocycles. The first-order chi connectivity index (χ1) is 9.70. The molecule has 1 N–H and O–H groups in total. The van der Waals surface area contributed by atoms with Crippen LogP contribution in [0.3, 0.4) is 0 Å². The summed E-state index contributed by atoms with van der Waals surface area (Å²) in [7, 11) is 0. The van der Waals surface area contributed by atoms with Crippen molar-refractivity contribution in [3.8, 4) is 0 Å². The molecule has 0 atom stereocenters. The molecular formula is C16H29N3O2. The van der Waals surface area contributed by atoms with Gasteiger partial charge in [-0.25, -0.2) is 9.98 Å². The molecular weight excluding hydrogens is 266 g/mol. The summed E-state index contributed by atoms with van der Waals surface area (Å²) in [4.78, 5) is 31.1. The number of hydrogen-bond donors (Lipinski definition) is 1. The lowest BCUT2D eigenvalue weighted by molar-refractivity contribution is -0.118.